The molecule has 3 aromatic carbocycles. The Bertz CT molecular complexity index is 1360. The van der Waals surface area contributed by atoms with E-state index in [4.69, 9.17) is 9.57 Å². The van der Waals surface area contributed by atoms with Gasteiger partial charge in [-0.3, -0.25) is 0 Å². The molecule has 0 saturated carbocycles. The lowest BCUT2D eigenvalue weighted by molar-refractivity contribution is 0.146. The Morgan fingerprint density at radius 2 is 1.94 bits per heavy atom. The molecule has 2 N–H and O–H groups in total. The van der Waals surface area contributed by atoms with Crippen LogP contribution in [0, 0.1) is 12.7 Å². The van der Waals surface area contributed by atoms with Crippen LogP contribution < -0.4 is 15.4 Å². The molecule has 0 aliphatic rings. The summed E-state index contributed by atoms with van der Waals surface area (Å²) in [7, 11) is 0. The van der Waals surface area contributed by atoms with Crippen LogP contribution in [-0.4, -0.2) is 35.4 Å². The molecule has 0 unspecified atom stereocenters. The van der Waals surface area contributed by atoms with E-state index in [2.05, 4.69) is 32.7 Å². The minimum Gasteiger partial charge on any atom is -0.489 e. The maximum Gasteiger partial charge on any atom is 0.141 e. The van der Waals surface area contributed by atoms with Gasteiger partial charge in [0.2, 0.25) is 0 Å². The summed E-state index contributed by atoms with van der Waals surface area (Å²) >= 11 is 0. The van der Waals surface area contributed by atoms with E-state index >= 15 is 0 Å². The maximum absolute atomic E-state index is 13.4. The highest BCUT2D eigenvalue weighted by atomic mass is 19.1. The van der Waals surface area contributed by atoms with Crippen LogP contribution in [0.4, 0.5) is 15.9 Å². The number of rotatable bonds is 11. The Hall–Kier alpha value is -4.04. The molecule has 8 heteroatoms. The minimum absolute atomic E-state index is 0.272. The second kappa shape index (κ2) is 12.1. The average molecular weight is 488 g/mol. The number of hydrogen-bond acceptors (Lipinski definition) is 7. The number of halogens is 1. The lowest BCUT2D eigenvalue weighted by Gasteiger charge is -2.13. The second-order valence-corrected chi connectivity index (χ2v) is 8.34. The molecule has 0 bridgehead atoms. The van der Waals surface area contributed by atoms with Crippen LogP contribution in [0.25, 0.3) is 10.9 Å². The standard InChI is InChI=1S/C28H30FN5O2/c1-4-30-12-13-36-34-20(3)22-8-10-26-25(16-22)28(32-18-31-26)33-24-9-11-27(19(2)14-24)35-17-21-6-5-7-23(29)15-21/h5-11,14-16,18,30H,4,12-13,17H2,1-3H3,(H,31,32,33)/b34-20+. The molecular weight excluding hydrogens is 457 g/mol. The highest BCUT2D eigenvalue weighted by Gasteiger charge is 2.09. The molecule has 1 heterocycles. The smallest absolute Gasteiger partial charge is 0.141 e. The molecule has 0 aliphatic heterocycles. The Kier molecular flexibility index (Phi) is 8.41. The first kappa shape index (κ1) is 25.1. The molecular formula is C28H30FN5O2. The summed E-state index contributed by atoms with van der Waals surface area (Å²) in [6.07, 6.45) is 1.54. The SMILES string of the molecule is CCNCCO/N=C(\C)c1ccc2ncnc(Nc3ccc(OCc4cccc(F)c4)c(C)c3)c2c1. The topological polar surface area (TPSA) is 80.7 Å². The Morgan fingerprint density at radius 3 is 2.75 bits per heavy atom. The summed E-state index contributed by atoms with van der Waals surface area (Å²) in [6, 6.07) is 18.2. The molecule has 0 amide bonds. The molecule has 0 radical (unpaired) electrons. The van der Waals surface area contributed by atoms with E-state index in [1.54, 1.807) is 12.4 Å². The predicted octanol–water partition coefficient (Wildman–Crippen LogP) is 5.75. The Morgan fingerprint density at radius 1 is 1.06 bits per heavy atom. The first-order valence-corrected chi connectivity index (χ1v) is 11.9. The van der Waals surface area contributed by atoms with E-state index in [0.717, 1.165) is 57.8 Å². The van der Waals surface area contributed by atoms with Gasteiger partial charge in [0.05, 0.1) is 11.2 Å². The highest BCUT2D eigenvalue weighted by Crippen LogP contribution is 2.28. The van der Waals surface area contributed by atoms with E-state index in [0.29, 0.717) is 19.0 Å². The van der Waals surface area contributed by atoms with Crippen molar-refractivity contribution in [1.29, 1.82) is 0 Å². The van der Waals surface area contributed by atoms with Crippen molar-refractivity contribution in [3.8, 4) is 5.75 Å². The van der Waals surface area contributed by atoms with Crippen LogP contribution in [0.1, 0.15) is 30.5 Å². The van der Waals surface area contributed by atoms with Crippen LogP contribution in [0.5, 0.6) is 5.75 Å². The summed E-state index contributed by atoms with van der Waals surface area (Å²) in [5, 5.41) is 11.7. The summed E-state index contributed by atoms with van der Waals surface area (Å²) in [6.45, 7) is 8.39. The molecule has 0 aliphatic carbocycles. The van der Waals surface area contributed by atoms with E-state index in [1.807, 2.05) is 56.3 Å². The van der Waals surface area contributed by atoms with Gasteiger partial charge in [0.25, 0.3) is 0 Å². The van der Waals surface area contributed by atoms with Crippen LogP contribution in [0.15, 0.2) is 72.1 Å². The number of benzene rings is 3. The van der Waals surface area contributed by atoms with Crippen molar-refractivity contribution in [2.45, 2.75) is 27.4 Å². The molecule has 7 nitrogen and oxygen atoms in total. The number of oxime groups is 1. The molecule has 0 fully saturated rings. The average Bonchev–Trinajstić information content (AvgIpc) is 2.88. The fourth-order valence-corrected chi connectivity index (χ4v) is 3.68. The van der Waals surface area contributed by atoms with Crippen molar-refractivity contribution in [2.75, 3.05) is 25.0 Å². The molecule has 4 rings (SSSR count). The molecule has 36 heavy (non-hydrogen) atoms. The summed E-state index contributed by atoms with van der Waals surface area (Å²) in [4.78, 5) is 14.3. The van der Waals surface area contributed by atoms with Crippen molar-refractivity contribution < 1.29 is 14.0 Å². The monoisotopic (exact) mass is 487 g/mol. The third-order valence-electron chi connectivity index (χ3n) is 5.60. The molecule has 0 spiro atoms. The van der Waals surface area contributed by atoms with Crippen molar-refractivity contribution >= 4 is 28.1 Å². The largest absolute Gasteiger partial charge is 0.489 e. The predicted molar refractivity (Wildman–Crippen MR) is 141 cm³/mol. The zero-order valence-electron chi connectivity index (χ0n) is 20.7. The number of aryl methyl sites for hydroxylation is 1. The summed E-state index contributed by atoms with van der Waals surface area (Å²) in [5.74, 6) is 1.15. The van der Waals surface area contributed by atoms with Gasteiger partial charge in [-0.15, -0.1) is 0 Å². The number of fused-ring (bicyclic) bond motifs is 1. The zero-order valence-corrected chi connectivity index (χ0v) is 20.7. The fraction of sp³-hybridized carbons (Fsp3) is 0.250. The highest BCUT2D eigenvalue weighted by molar-refractivity contribution is 6.03. The quantitative estimate of drug-likeness (QED) is 0.159. The number of nitrogens with one attached hydrogen (secondary N) is 2. The van der Waals surface area contributed by atoms with E-state index < -0.39 is 0 Å². The normalized spacial score (nSPS) is 11.5. The van der Waals surface area contributed by atoms with Crippen LogP contribution in [0.2, 0.25) is 0 Å². The molecule has 4 aromatic rings. The zero-order chi connectivity index (χ0) is 25.3. The van der Waals surface area contributed by atoms with Gasteiger partial charge in [0.15, 0.2) is 0 Å². The molecule has 0 atom stereocenters. The van der Waals surface area contributed by atoms with Crippen molar-refractivity contribution in [3.05, 3.63) is 89.5 Å². The van der Waals surface area contributed by atoms with Gasteiger partial charge in [-0.05, 0) is 79.5 Å². The van der Waals surface area contributed by atoms with Gasteiger partial charge in [-0.2, -0.15) is 0 Å². The Balaban J connectivity index is 1.48. The fourth-order valence-electron chi connectivity index (χ4n) is 3.68. The van der Waals surface area contributed by atoms with Crippen LogP contribution >= 0.6 is 0 Å². The van der Waals surface area contributed by atoms with Gasteiger partial charge in [-0.1, -0.05) is 30.3 Å². The number of anilines is 2. The van der Waals surface area contributed by atoms with Gasteiger partial charge < -0.3 is 20.2 Å². The minimum atomic E-state index is -0.272. The summed E-state index contributed by atoms with van der Waals surface area (Å²) in [5.41, 5.74) is 5.13. The van der Waals surface area contributed by atoms with Gasteiger partial charge in [-0.25, -0.2) is 14.4 Å². The second-order valence-electron chi connectivity index (χ2n) is 8.34. The third-order valence-corrected chi connectivity index (χ3v) is 5.60. The lowest BCUT2D eigenvalue weighted by atomic mass is 10.1. The van der Waals surface area contributed by atoms with Crippen molar-refractivity contribution in [2.24, 2.45) is 5.16 Å². The number of hydrogen-bond donors (Lipinski definition) is 2. The van der Waals surface area contributed by atoms with Gasteiger partial charge in [0.1, 0.15) is 36.9 Å². The molecule has 0 saturated heterocycles. The molecule has 186 valence electrons. The van der Waals surface area contributed by atoms with E-state index in [1.165, 1.54) is 12.1 Å². The first-order chi connectivity index (χ1) is 17.5. The van der Waals surface area contributed by atoms with Gasteiger partial charge >= 0.3 is 0 Å². The number of ether oxygens (including phenoxy) is 1. The van der Waals surface area contributed by atoms with Crippen molar-refractivity contribution in [3.63, 3.8) is 0 Å². The van der Waals surface area contributed by atoms with E-state index in [-0.39, 0.29) is 5.82 Å². The van der Waals surface area contributed by atoms with Gasteiger partial charge in [0, 0.05) is 17.6 Å². The number of aromatic nitrogens is 2. The number of nitrogens with zero attached hydrogens (tertiary/aromatic N) is 3. The van der Waals surface area contributed by atoms with Crippen LogP contribution in [0.3, 0.4) is 0 Å². The van der Waals surface area contributed by atoms with Crippen LogP contribution in [-0.2, 0) is 11.4 Å². The first-order valence-electron chi connectivity index (χ1n) is 11.9. The van der Waals surface area contributed by atoms with Crippen molar-refractivity contribution in [1.82, 2.24) is 15.3 Å². The third kappa shape index (κ3) is 6.55. The Labute approximate surface area is 210 Å². The number of likely N-dealkylation sites (N-methyl/N-ethyl adjacent to an activating group) is 1. The summed E-state index contributed by atoms with van der Waals surface area (Å²) < 4.78 is 19.3. The van der Waals surface area contributed by atoms with E-state index in [9.17, 15) is 4.39 Å². The lowest BCUT2D eigenvalue weighted by Crippen LogP contribution is -2.18. The maximum atomic E-state index is 13.4. The molecule has 1 aromatic heterocycles.